The molecule has 2 aliphatic heterocycles. The van der Waals surface area contributed by atoms with Crippen molar-refractivity contribution in [1.29, 1.82) is 0 Å². The summed E-state index contributed by atoms with van der Waals surface area (Å²) in [6.45, 7) is 5.15. The zero-order chi connectivity index (χ0) is 19.5. The van der Waals surface area contributed by atoms with E-state index in [9.17, 15) is 13.2 Å². The molecular formula is C17H17F3N8. The molecule has 2 aliphatic rings. The predicted octanol–water partition coefficient (Wildman–Crippen LogP) is 1.81. The summed E-state index contributed by atoms with van der Waals surface area (Å²) in [7, 11) is 0. The summed E-state index contributed by atoms with van der Waals surface area (Å²) in [6.07, 6.45) is -3.02. The largest absolute Gasteiger partial charge is 0.453 e. The van der Waals surface area contributed by atoms with Crippen LogP contribution >= 0.6 is 0 Å². The number of anilines is 2. The molecule has 2 saturated heterocycles. The minimum Gasteiger partial charge on any atom is -0.356 e. The molecule has 0 bridgehead atoms. The SMILES string of the molecule is Cc1cc(N2CC3CN(c4ccc5nnc(C(F)(F)F)n5n4)CC3C2)ncn1. The number of nitrogens with zero attached hydrogens (tertiary/aromatic N) is 8. The lowest BCUT2D eigenvalue weighted by Crippen LogP contribution is -2.30. The molecule has 3 aromatic heterocycles. The van der Waals surface area contributed by atoms with Crippen LogP contribution < -0.4 is 9.80 Å². The Morgan fingerprint density at radius 1 is 0.929 bits per heavy atom. The van der Waals surface area contributed by atoms with E-state index in [4.69, 9.17) is 0 Å². The number of rotatable bonds is 2. The Kier molecular flexibility index (Phi) is 3.68. The van der Waals surface area contributed by atoms with Crippen LogP contribution in [-0.2, 0) is 6.18 Å². The van der Waals surface area contributed by atoms with Gasteiger partial charge < -0.3 is 9.80 Å². The number of hydrogen-bond donors (Lipinski definition) is 0. The second-order valence-corrected chi connectivity index (χ2v) is 7.33. The summed E-state index contributed by atoms with van der Waals surface area (Å²) in [6, 6.07) is 5.20. The molecule has 3 aromatic rings. The highest BCUT2D eigenvalue weighted by Gasteiger charge is 2.42. The molecule has 28 heavy (non-hydrogen) atoms. The average Bonchev–Trinajstić information content (AvgIpc) is 3.33. The third-order valence-electron chi connectivity index (χ3n) is 5.43. The molecule has 2 atom stereocenters. The third kappa shape index (κ3) is 2.81. The van der Waals surface area contributed by atoms with E-state index in [1.165, 1.54) is 6.07 Å². The molecule has 0 amide bonds. The van der Waals surface area contributed by atoms with Gasteiger partial charge in [-0.25, -0.2) is 9.97 Å². The molecule has 0 spiro atoms. The first kappa shape index (κ1) is 17.1. The fraction of sp³-hybridized carbons (Fsp3) is 0.471. The van der Waals surface area contributed by atoms with Crippen LogP contribution in [0.15, 0.2) is 24.5 Å². The van der Waals surface area contributed by atoms with Gasteiger partial charge in [-0.2, -0.15) is 17.7 Å². The minimum absolute atomic E-state index is 0.0840. The summed E-state index contributed by atoms with van der Waals surface area (Å²) in [5.74, 6) is 1.16. The van der Waals surface area contributed by atoms with Crippen LogP contribution in [0.1, 0.15) is 11.5 Å². The second-order valence-electron chi connectivity index (χ2n) is 7.33. The molecular weight excluding hydrogens is 373 g/mol. The van der Waals surface area contributed by atoms with E-state index in [1.54, 1.807) is 12.4 Å². The highest BCUT2D eigenvalue weighted by molar-refractivity contribution is 5.48. The van der Waals surface area contributed by atoms with Gasteiger partial charge >= 0.3 is 6.18 Å². The van der Waals surface area contributed by atoms with Crippen molar-refractivity contribution in [1.82, 2.24) is 29.8 Å². The first-order chi connectivity index (χ1) is 13.4. The maximum Gasteiger partial charge on any atom is 0.453 e. The van der Waals surface area contributed by atoms with Gasteiger partial charge in [-0.05, 0) is 19.1 Å². The zero-order valence-electron chi connectivity index (χ0n) is 15.0. The van der Waals surface area contributed by atoms with Crippen LogP contribution in [0.25, 0.3) is 5.65 Å². The van der Waals surface area contributed by atoms with E-state index in [-0.39, 0.29) is 5.65 Å². The molecule has 2 unspecified atom stereocenters. The second kappa shape index (κ2) is 6.01. The van der Waals surface area contributed by atoms with Crippen LogP contribution in [0.2, 0.25) is 0 Å². The van der Waals surface area contributed by atoms with Crippen molar-refractivity contribution in [2.24, 2.45) is 11.8 Å². The summed E-state index contributed by atoms with van der Waals surface area (Å²) < 4.78 is 40.0. The molecule has 5 heterocycles. The molecule has 2 fully saturated rings. The first-order valence-corrected chi connectivity index (χ1v) is 8.97. The number of fused-ring (bicyclic) bond motifs is 2. The number of aromatic nitrogens is 6. The molecule has 0 aromatic carbocycles. The van der Waals surface area contributed by atoms with E-state index in [1.807, 2.05) is 17.9 Å². The lowest BCUT2D eigenvalue weighted by molar-refractivity contribution is -0.146. The van der Waals surface area contributed by atoms with Gasteiger partial charge in [0.2, 0.25) is 0 Å². The number of alkyl halides is 3. The lowest BCUT2D eigenvalue weighted by atomic mass is 10.0. The van der Waals surface area contributed by atoms with Crippen LogP contribution in [-0.4, -0.2) is 56.0 Å². The Morgan fingerprint density at radius 3 is 2.25 bits per heavy atom. The summed E-state index contributed by atoms with van der Waals surface area (Å²) in [5.41, 5.74) is 1.01. The molecule has 8 nitrogen and oxygen atoms in total. The third-order valence-corrected chi connectivity index (χ3v) is 5.43. The standard InChI is InChI=1S/C17H17F3N8/c1-10-4-15(22-9-21-10)27-7-11-5-26(6-12(11)8-27)14-3-2-13-23-24-16(17(18,19)20)28(13)25-14/h2-4,9,11-12H,5-8H2,1H3. The Labute approximate surface area is 158 Å². The van der Waals surface area contributed by atoms with Gasteiger partial charge in [-0.15, -0.1) is 15.3 Å². The van der Waals surface area contributed by atoms with Crippen LogP contribution in [0.3, 0.4) is 0 Å². The predicted molar refractivity (Wildman–Crippen MR) is 94.0 cm³/mol. The molecule has 0 saturated carbocycles. The topological polar surface area (TPSA) is 75.3 Å². The van der Waals surface area contributed by atoms with Crippen molar-refractivity contribution in [3.63, 3.8) is 0 Å². The van der Waals surface area contributed by atoms with E-state index < -0.39 is 12.0 Å². The molecule has 0 aliphatic carbocycles. The van der Waals surface area contributed by atoms with Crippen molar-refractivity contribution >= 4 is 17.3 Å². The fourth-order valence-electron chi connectivity index (χ4n) is 4.11. The maximum absolute atomic E-state index is 13.1. The number of aryl methyl sites for hydroxylation is 1. The van der Waals surface area contributed by atoms with Gasteiger partial charge in [0.1, 0.15) is 18.0 Å². The summed E-state index contributed by atoms with van der Waals surface area (Å²) >= 11 is 0. The Morgan fingerprint density at radius 2 is 1.61 bits per heavy atom. The normalized spacial score (nSPS) is 22.3. The van der Waals surface area contributed by atoms with Crippen molar-refractivity contribution in [2.75, 3.05) is 36.0 Å². The summed E-state index contributed by atoms with van der Waals surface area (Å²) in [5, 5.41) is 10.9. The van der Waals surface area contributed by atoms with Crippen molar-refractivity contribution in [3.05, 3.63) is 36.0 Å². The van der Waals surface area contributed by atoms with Crippen molar-refractivity contribution < 1.29 is 13.2 Å². The van der Waals surface area contributed by atoms with Crippen molar-refractivity contribution in [2.45, 2.75) is 13.1 Å². The zero-order valence-corrected chi connectivity index (χ0v) is 15.0. The number of hydrogen-bond acceptors (Lipinski definition) is 7. The van der Waals surface area contributed by atoms with E-state index >= 15 is 0 Å². The highest BCUT2D eigenvalue weighted by atomic mass is 19.4. The van der Waals surface area contributed by atoms with Gasteiger partial charge in [0.05, 0.1) is 0 Å². The van der Waals surface area contributed by atoms with Crippen molar-refractivity contribution in [3.8, 4) is 0 Å². The summed E-state index contributed by atoms with van der Waals surface area (Å²) in [4.78, 5) is 12.8. The number of halogens is 3. The van der Waals surface area contributed by atoms with E-state index in [2.05, 4.69) is 30.2 Å². The Balaban J connectivity index is 1.35. The lowest BCUT2D eigenvalue weighted by Gasteiger charge is -2.23. The van der Waals surface area contributed by atoms with Gasteiger partial charge in [0.25, 0.3) is 5.82 Å². The van der Waals surface area contributed by atoms with Crippen LogP contribution in [0.5, 0.6) is 0 Å². The van der Waals surface area contributed by atoms with Gasteiger partial charge in [-0.1, -0.05) is 0 Å². The minimum atomic E-state index is -4.59. The smallest absolute Gasteiger partial charge is 0.356 e. The van der Waals surface area contributed by atoms with Gasteiger partial charge in [0.15, 0.2) is 5.65 Å². The average molecular weight is 390 g/mol. The van der Waals surface area contributed by atoms with Crippen LogP contribution in [0.4, 0.5) is 24.8 Å². The van der Waals surface area contributed by atoms with E-state index in [0.29, 0.717) is 17.7 Å². The van der Waals surface area contributed by atoms with Gasteiger partial charge in [-0.3, -0.25) is 0 Å². The Hall–Kier alpha value is -2.98. The molecule has 0 N–H and O–H groups in total. The molecule has 11 heteroatoms. The van der Waals surface area contributed by atoms with Gasteiger partial charge in [0, 0.05) is 49.8 Å². The molecule has 0 radical (unpaired) electrons. The van der Waals surface area contributed by atoms with Crippen LogP contribution in [0, 0.1) is 18.8 Å². The molecule has 5 rings (SSSR count). The van der Waals surface area contributed by atoms with E-state index in [0.717, 1.165) is 42.2 Å². The molecule has 146 valence electrons. The maximum atomic E-state index is 13.1. The highest BCUT2D eigenvalue weighted by Crippen LogP contribution is 2.35. The fourth-order valence-corrected chi connectivity index (χ4v) is 4.11. The Bertz CT molecular complexity index is 1020. The quantitative estimate of drug-likeness (QED) is 0.661. The first-order valence-electron chi connectivity index (χ1n) is 8.97. The monoisotopic (exact) mass is 390 g/mol.